The molecule has 2 aromatic rings. The summed E-state index contributed by atoms with van der Waals surface area (Å²) in [5, 5.41) is 13.0. The van der Waals surface area contributed by atoms with Crippen molar-refractivity contribution < 1.29 is 9.84 Å². The number of hydrogen-bond donors (Lipinski definition) is 3. The third-order valence-electron chi connectivity index (χ3n) is 4.19. The van der Waals surface area contributed by atoms with Crippen LogP contribution in [0, 0.1) is 5.92 Å². The lowest BCUT2D eigenvalue weighted by Gasteiger charge is -2.38. The predicted octanol–water partition coefficient (Wildman–Crippen LogP) is 1.26. The van der Waals surface area contributed by atoms with Crippen molar-refractivity contribution in [2.45, 2.75) is 31.4 Å². The lowest BCUT2D eigenvalue weighted by atomic mass is 9.75. The number of ether oxygens (including phenoxy) is 1. The van der Waals surface area contributed by atoms with Crippen LogP contribution < -0.4 is 15.8 Å². The van der Waals surface area contributed by atoms with Crippen LogP contribution in [0.15, 0.2) is 30.6 Å². The molecular weight excluding hydrogens is 294 g/mol. The van der Waals surface area contributed by atoms with Crippen molar-refractivity contribution in [1.29, 1.82) is 0 Å². The molecule has 1 aliphatic carbocycles. The molecule has 4 N–H and O–H groups in total. The Morgan fingerprint density at radius 2 is 2.09 bits per heavy atom. The van der Waals surface area contributed by atoms with Gasteiger partial charge >= 0.3 is 0 Å². The molecule has 1 aliphatic rings. The summed E-state index contributed by atoms with van der Waals surface area (Å²) in [4.78, 5) is 12.3. The number of methoxy groups -OCH3 is 1. The number of nitrogens with two attached hydrogens (primary N) is 1. The van der Waals surface area contributed by atoms with Crippen LogP contribution in [0.3, 0.4) is 0 Å². The first-order valence-corrected chi connectivity index (χ1v) is 7.66. The van der Waals surface area contributed by atoms with Crippen LogP contribution in [-0.4, -0.2) is 39.3 Å². The average molecular weight is 315 g/mol. The van der Waals surface area contributed by atoms with Crippen LogP contribution in [0.5, 0.6) is 5.88 Å². The van der Waals surface area contributed by atoms with Gasteiger partial charge in [-0.2, -0.15) is 9.97 Å². The van der Waals surface area contributed by atoms with Gasteiger partial charge < -0.3 is 20.9 Å². The standard InChI is InChI=1S/C16H21N5O2/c1-23-15-9-14(20-16(17)21-15)19-13(11-7-12(22)8-11)6-10-2-4-18-5-3-10/h2-5,9,11-13,22H,6-8H2,1H3,(H3,17,19,20,21)/t11?,12?,13-/m1/s1. The van der Waals surface area contributed by atoms with Crippen molar-refractivity contribution in [3.8, 4) is 5.88 Å². The SMILES string of the molecule is COc1cc(N[C@H](Cc2ccncc2)C2CC(O)C2)nc(N)n1. The van der Waals surface area contributed by atoms with E-state index in [1.165, 1.54) is 5.56 Å². The summed E-state index contributed by atoms with van der Waals surface area (Å²) >= 11 is 0. The summed E-state index contributed by atoms with van der Waals surface area (Å²) in [5.41, 5.74) is 6.91. The topological polar surface area (TPSA) is 106 Å². The van der Waals surface area contributed by atoms with Gasteiger partial charge in [0.05, 0.1) is 13.2 Å². The van der Waals surface area contributed by atoms with Crippen LogP contribution in [0.25, 0.3) is 0 Å². The highest BCUT2D eigenvalue weighted by atomic mass is 16.5. The Hall–Kier alpha value is -2.41. The first kappa shape index (κ1) is 15.5. The molecule has 0 aromatic carbocycles. The van der Waals surface area contributed by atoms with Gasteiger partial charge in [-0.25, -0.2) is 0 Å². The van der Waals surface area contributed by atoms with Crippen LogP contribution >= 0.6 is 0 Å². The molecule has 1 fully saturated rings. The first-order valence-electron chi connectivity index (χ1n) is 7.66. The second-order valence-electron chi connectivity index (χ2n) is 5.85. The number of aliphatic hydroxyl groups is 1. The Balaban J connectivity index is 1.77. The molecule has 0 amide bonds. The molecule has 122 valence electrons. The Morgan fingerprint density at radius 3 is 2.74 bits per heavy atom. The number of nitrogens with one attached hydrogen (secondary N) is 1. The number of aliphatic hydroxyl groups excluding tert-OH is 1. The van der Waals surface area contributed by atoms with Gasteiger partial charge in [0, 0.05) is 24.5 Å². The summed E-state index contributed by atoms with van der Waals surface area (Å²) in [5.74, 6) is 1.62. The molecule has 23 heavy (non-hydrogen) atoms. The zero-order valence-electron chi connectivity index (χ0n) is 13.0. The number of nitrogens with zero attached hydrogens (tertiary/aromatic N) is 3. The van der Waals surface area contributed by atoms with E-state index in [4.69, 9.17) is 10.5 Å². The van der Waals surface area contributed by atoms with Crippen LogP contribution in [0.4, 0.5) is 11.8 Å². The van der Waals surface area contributed by atoms with Crippen molar-refractivity contribution >= 4 is 11.8 Å². The largest absolute Gasteiger partial charge is 0.481 e. The molecule has 2 aromatic heterocycles. The normalized spacial score (nSPS) is 21.3. The lowest BCUT2D eigenvalue weighted by Crippen LogP contribution is -2.42. The maximum Gasteiger partial charge on any atom is 0.225 e. The molecule has 0 radical (unpaired) electrons. The molecule has 0 bridgehead atoms. The molecule has 1 saturated carbocycles. The monoisotopic (exact) mass is 315 g/mol. The van der Waals surface area contributed by atoms with Gasteiger partial charge in [0.15, 0.2) is 0 Å². The summed E-state index contributed by atoms with van der Waals surface area (Å²) in [6.07, 6.45) is 5.78. The van der Waals surface area contributed by atoms with Crippen molar-refractivity contribution in [2.24, 2.45) is 5.92 Å². The van der Waals surface area contributed by atoms with Crippen molar-refractivity contribution in [3.05, 3.63) is 36.2 Å². The fourth-order valence-corrected chi connectivity index (χ4v) is 2.88. The molecule has 2 heterocycles. The first-order chi connectivity index (χ1) is 11.1. The number of nitrogen functional groups attached to an aromatic ring is 1. The maximum absolute atomic E-state index is 9.62. The van der Waals surface area contributed by atoms with E-state index in [1.807, 2.05) is 12.1 Å². The highest BCUT2D eigenvalue weighted by Crippen LogP contribution is 2.33. The van der Waals surface area contributed by atoms with Crippen LogP contribution in [-0.2, 0) is 6.42 Å². The van der Waals surface area contributed by atoms with Gasteiger partial charge in [-0.3, -0.25) is 4.98 Å². The van der Waals surface area contributed by atoms with E-state index in [-0.39, 0.29) is 18.1 Å². The summed E-state index contributed by atoms with van der Waals surface area (Å²) in [6, 6.07) is 5.88. The molecule has 1 atom stereocenters. The van der Waals surface area contributed by atoms with E-state index in [1.54, 1.807) is 25.6 Å². The summed E-state index contributed by atoms with van der Waals surface area (Å²) in [7, 11) is 1.54. The second kappa shape index (κ2) is 6.78. The zero-order chi connectivity index (χ0) is 16.2. The Bertz CT molecular complexity index is 646. The van der Waals surface area contributed by atoms with E-state index in [0.29, 0.717) is 17.6 Å². The highest BCUT2D eigenvalue weighted by molar-refractivity contribution is 5.44. The zero-order valence-corrected chi connectivity index (χ0v) is 13.0. The minimum absolute atomic E-state index is 0.153. The van der Waals surface area contributed by atoms with E-state index in [0.717, 1.165) is 19.3 Å². The van der Waals surface area contributed by atoms with E-state index < -0.39 is 0 Å². The molecule has 7 heteroatoms. The van der Waals surface area contributed by atoms with Gasteiger partial charge in [0.1, 0.15) is 5.82 Å². The van der Waals surface area contributed by atoms with Crippen molar-refractivity contribution in [1.82, 2.24) is 15.0 Å². The Morgan fingerprint density at radius 1 is 1.35 bits per heavy atom. The molecule has 3 rings (SSSR count). The van der Waals surface area contributed by atoms with E-state index >= 15 is 0 Å². The minimum atomic E-state index is -0.202. The third-order valence-corrected chi connectivity index (χ3v) is 4.19. The Kier molecular flexibility index (Phi) is 4.57. The van der Waals surface area contributed by atoms with Crippen LogP contribution in [0.2, 0.25) is 0 Å². The minimum Gasteiger partial charge on any atom is -0.481 e. The quantitative estimate of drug-likeness (QED) is 0.736. The maximum atomic E-state index is 9.62. The molecule has 0 saturated heterocycles. The second-order valence-corrected chi connectivity index (χ2v) is 5.85. The highest BCUT2D eigenvalue weighted by Gasteiger charge is 2.34. The van der Waals surface area contributed by atoms with Gasteiger partial charge in [-0.05, 0) is 42.9 Å². The lowest BCUT2D eigenvalue weighted by molar-refractivity contribution is 0.0341. The number of hydrogen-bond acceptors (Lipinski definition) is 7. The summed E-state index contributed by atoms with van der Waals surface area (Å²) in [6.45, 7) is 0. The fraction of sp³-hybridized carbons (Fsp3) is 0.438. The van der Waals surface area contributed by atoms with E-state index in [2.05, 4.69) is 20.3 Å². The Labute approximate surface area is 134 Å². The van der Waals surface area contributed by atoms with Crippen molar-refractivity contribution in [2.75, 3.05) is 18.2 Å². The molecule has 7 nitrogen and oxygen atoms in total. The summed E-state index contributed by atoms with van der Waals surface area (Å²) < 4.78 is 5.13. The molecule has 0 unspecified atom stereocenters. The van der Waals surface area contributed by atoms with Gasteiger partial charge in [-0.15, -0.1) is 0 Å². The van der Waals surface area contributed by atoms with Crippen LogP contribution in [0.1, 0.15) is 18.4 Å². The predicted molar refractivity (Wildman–Crippen MR) is 87.1 cm³/mol. The number of pyridine rings is 1. The van der Waals surface area contributed by atoms with Gasteiger partial charge in [-0.1, -0.05) is 0 Å². The molecule has 0 aliphatic heterocycles. The molecular formula is C16H21N5O2. The molecule has 0 spiro atoms. The fourth-order valence-electron chi connectivity index (χ4n) is 2.88. The average Bonchev–Trinajstić information content (AvgIpc) is 2.51. The van der Waals surface area contributed by atoms with E-state index in [9.17, 15) is 5.11 Å². The smallest absolute Gasteiger partial charge is 0.225 e. The third kappa shape index (κ3) is 3.87. The number of rotatable bonds is 6. The van der Waals surface area contributed by atoms with Gasteiger partial charge in [0.2, 0.25) is 11.8 Å². The number of anilines is 2. The number of aromatic nitrogens is 3. The van der Waals surface area contributed by atoms with Crippen molar-refractivity contribution in [3.63, 3.8) is 0 Å². The van der Waals surface area contributed by atoms with Gasteiger partial charge in [0.25, 0.3) is 0 Å².